The van der Waals surface area contributed by atoms with E-state index in [0.717, 1.165) is 20.8 Å². The van der Waals surface area contributed by atoms with Crippen molar-refractivity contribution in [2.45, 2.75) is 78.3 Å². The molecule has 12 heteroatoms. The van der Waals surface area contributed by atoms with Gasteiger partial charge < -0.3 is 23.7 Å². The Morgan fingerprint density at radius 2 is 1.16 bits per heavy atom. The van der Waals surface area contributed by atoms with Crippen molar-refractivity contribution in [3.05, 3.63) is 0 Å². The first-order valence-electron chi connectivity index (χ1n) is 10.2. The molecular formula is C20H35AuO9PS. The number of hydrogen-bond donors (Lipinski definition) is 1. The number of ether oxygens (including phenoxy) is 5. The molecule has 0 unspecified atom stereocenters. The molecule has 0 aromatic rings. The van der Waals surface area contributed by atoms with Crippen molar-refractivity contribution in [2.24, 2.45) is 0 Å². The Morgan fingerprint density at radius 3 is 1.50 bits per heavy atom. The topological polar surface area (TPSA) is 114 Å². The van der Waals surface area contributed by atoms with Crippen LogP contribution in [0.3, 0.4) is 0 Å². The molecule has 1 saturated heterocycles. The van der Waals surface area contributed by atoms with Crippen molar-refractivity contribution < 1.29 is 65.2 Å². The molecule has 0 aliphatic carbocycles. The van der Waals surface area contributed by atoms with E-state index in [9.17, 15) is 19.2 Å². The van der Waals surface area contributed by atoms with Crippen LogP contribution in [-0.4, -0.2) is 78.8 Å². The fourth-order valence-electron chi connectivity index (χ4n) is 2.88. The molecule has 1 aliphatic heterocycles. The number of rotatable bonds is 8. The summed E-state index contributed by atoms with van der Waals surface area (Å²) in [5.41, 5.74) is -0.981. The van der Waals surface area contributed by atoms with Crippen molar-refractivity contribution >= 4 is 44.4 Å². The van der Waals surface area contributed by atoms with Crippen LogP contribution >= 0.6 is 20.6 Å². The molecule has 0 amide bonds. The Hall–Kier alpha value is -0.640. The first kappa shape index (κ1) is 33.5. The second-order valence-corrected chi connectivity index (χ2v) is 10.5. The smallest absolute Gasteiger partial charge is 0.303 e. The predicted octanol–water partition coefficient (Wildman–Crippen LogP) is 2.52. The van der Waals surface area contributed by atoms with Crippen molar-refractivity contribution in [3.8, 4) is 0 Å². The van der Waals surface area contributed by atoms with E-state index in [4.69, 9.17) is 23.7 Å². The zero-order chi connectivity index (χ0) is 24.1. The molecule has 0 N–H and O–H groups in total. The monoisotopic (exact) mass is 679 g/mol. The summed E-state index contributed by atoms with van der Waals surface area (Å²) in [5, 5.41) is 0. The number of carbonyl (C=O) groups is 4. The van der Waals surface area contributed by atoms with Crippen LogP contribution in [0.2, 0.25) is 0 Å². The van der Waals surface area contributed by atoms with Gasteiger partial charge in [0.15, 0.2) is 18.3 Å². The Balaban J connectivity index is 0. The second-order valence-electron chi connectivity index (χ2n) is 6.71. The minimum absolute atomic E-state index is 0. The Morgan fingerprint density at radius 1 is 0.750 bits per heavy atom. The van der Waals surface area contributed by atoms with Crippen LogP contribution < -0.4 is 0 Å². The molecule has 0 aromatic carbocycles. The maximum absolute atomic E-state index is 11.4. The molecule has 0 bridgehead atoms. The van der Waals surface area contributed by atoms with Gasteiger partial charge in [0.1, 0.15) is 18.1 Å². The second kappa shape index (κ2) is 17.8. The molecule has 1 radical (unpaired) electrons. The summed E-state index contributed by atoms with van der Waals surface area (Å²) in [4.78, 5) is 45.1. The van der Waals surface area contributed by atoms with Crippen LogP contribution in [0.5, 0.6) is 0 Å². The van der Waals surface area contributed by atoms with Gasteiger partial charge in [0.25, 0.3) is 0 Å². The van der Waals surface area contributed by atoms with Gasteiger partial charge in [-0.05, 0) is 18.5 Å². The van der Waals surface area contributed by atoms with Crippen LogP contribution in [-0.2, 0) is 65.2 Å². The van der Waals surface area contributed by atoms with E-state index in [1.54, 1.807) is 0 Å². The molecule has 0 saturated carbocycles. The summed E-state index contributed by atoms with van der Waals surface area (Å²) in [7, 11) is 0.446. The van der Waals surface area contributed by atoms with Gasteiger partial charge in [-0.2, -0.15) is 0 Å². The van der Waals surface area contributed by atoms with Crippen molar-refractivity contribution in [1.82, 2.24) is 0 Å². The van der Waals surface area contributed by atoms with Gasteiger partial charge in [-0.15, -0.1) is 20.6 Å². The molecule has 32 heavy (non-hydrogen) atoms. The summed E-state index contributed by atoms with van der Waals surface area (Å²) in [5.74, 6) is -2.57. The van der Waals surface area contributed by atoms with E-state index in [-0.39, 0.29) is 29.0 Å². The minimum atomic E-state index is -1.16. The van der Waals surface area contributed by atoms with Gasteiger partial charge >= 0.3 is 23.9 Å². The summed E-state index contributed by atoms with van der Waals surface area (Å²) in [6, 6.07) is 0. The van der Waals surface area contributed by atoms with Gasteiger partial charge in [-0.3, -0.25) is 19.2 Å². The van der Waals surface area contributed by atoms with E-state index in [2.05, 4.69) is 33.4 Å². The fraction of sp³-hybridized carbons (Fsp3) is 0.800. The van der Waals surface area contributed by atoms with Crippen LogP contribution in [0.4, 0.5) is 0 Å². The number of hydrogen-bond acceptors (Lipinski definition) is 10. The van der Waals surface area contributed by atoms with E-state index in [1.165, 1.54) is 25.4 Å². The largest absolute Gasteiger partial charge is 0.463 e. The molecule has 0 spiro atoms. The molecule has 0 aromatic heterocycles. The van der Waals surface area contributed by atoms with E-state index < -0.39 is 53.7 Å². The zero-order valence-corrected chi connectivity index (χ0v) is 23.5. The molecule has 1 rings (SSSR count). The van der Waals surface area contributed by atoms with E-state index in [0.29, 0.717) is 7.92 Å². The third kappa shape index (κ3) is 13.2. The van der Waals surface area contributed by atoms with Gasteiger partial charge in [0.05, 0.1) is 0 Å². The average Bonchev–Trinajstić information content (AvgIpc) is 2.66. The molecule has 191 valence electrons. The molecule has 1 aliphatic rings. The summed E-state index contributed by atoms with van der Waals surface area (Å²) in [6.07, 6.45) is -0.0952. The molecule has 5 atom stereocenters. The van der Waals surface area contributed by atoms with Gasteiger partial charge in [0, 0.05) is 50.1 Å². The Kier molecular flexibility index (Phi) is 18.6. The van der Waals surface area contributed by atoms with Crippen LogP contribution in [0.25, 0.3) is 0 Å². The van der Waals surface area contributed by atoms with Crippen molar-refractivity contribution in [3.63, 3.8) is 0 Å². The first-order valence-corrected chi connectivity index (χ1v) is 12.6. The summed E-state index contributed by atoms with van der Waals surface area (Å²) in [6.45, 7) is 11.3. The normalized spacial score (nSPS) is 24.2. The third-order valence-electron chi connectivity index (χ3n) is 4.31. The Bertz CT molecular complexity index is 598. The maximum atomic E-state index is 11.4. The molecular weight excluding hydrogens is 644 g/mol. The number of thiol groups is 1. The van der Waals surface area contributed by atoms with Crippen molar-refractivity contribution in [1.29, 1.82) is 0 Å². The first-order chi connectivity index (χ1) is 14.5. The van der Waals surface area contributed by atoms with Crippen LogP contribution in [0, 0.1) is 0 Å². The summed E-state index contributed by atoms with van der Waals surface area (Å²) >= 11 is 4.18. The van der Waals surface area contributed by atoms with Gasteiger partial charge in [-0.1, -0.05) is 20.8 Å². The van der Waals surface area contributed by atoms with E-state index in [1.807, 2.05) is 0 Å². The van der Waals surface area contributed by atoms with E-state index >= 15 is 0 Å². The predicted molar refractivity (Wildman–Crippen MR) is 119 cm³/mol. The minimum Gasteiger partial charge on any atom is -0.463 e. The zero-order valence-electron chi connectivity index (χ0n) is 19.6. The fourth-order valence-corrected chi connectivity index (χ4v) is 4.60. The van der Waals surface area contributed by atoms with Crippen LogP contribution in [0.15, 0.2) is 0 Å². The average molecular weight is 679 g/mol. The van der Waals surface area contributed by atoms with Gasteiger partial charge in [-0.25, -0.2) is 0 Å². The molecule has 1 fully saturated rings. The standard InChI is InChI=1S/C14H20O9S.C6H15P.Au/c1-6(15)19-5-10-11(20-7(2)16)12(21-8(3)17)13(14(24)23-10)22-9(4)18;1-4-7(5-2)6-3;/h10-14,24H,5H2,1-4H3;4-6H2,1-3H3;/t10-,11-,12+,13-,14+;;/m1../s1. The van der Waals surface area contributed by atoms with Crippen LogP contribution in [0.1, 0.15) is 48.5 Å². The number of carbonyl (C=O) groups excluding carboxylic acids is 4. The third-order valence-corrected chi connectivity index (χ3v) is 7.41. The maximum Gasteiger partial charge on any atom is 0.303 e. The number of esters is 4. The molecule has 9 nitrogen and oxygen atoms in total. The summed E-state index contributed by atoms with van der Waals surface area (Å²) < 4.78 is 25.8. The quantitative estimate of drug-likeness (QED) is 0.136. The van der Waals surface area contributed by atoms with Gasteiger partial charge in [0.2, 0.25) is 0 Å². The Labute approximate surface area is 212 Å². The molecule has 1 heterocycles. The van der Waals surface area contributed by atoms with Crippen molar-refractivity contribution in [2.75, 3.05) is 25.1 Å². The SMILES string of the molecule is CC(=O)OC[C@H]1O[C@@H](S)[C@H](OC(C)=O)[C@@H](OC(C)=O)[C@@H]1OC(C)=O.CCP(CC)CC.[Au].